The van der Waals surface area contributed by atoms with Gasteiger partial charge in [0.15, 0.2) is 5.11 Å². The summed E-state index contributed by atoms with van der Waals surface area (Å²) in [6, 6.07) is -0.0425. The molecule has 0 spiro atoms. The van der Waals surface area contributed by atoms with E-state index in [1.165, 1.54) is 4.90 Å². The molecule has 0 amide bonds. The monoisotopic (exact) mass is 270 g/mol. The first-order chi connectivity index (χ1) is 7.94. The molecule has 1 aliphatic rings. The molecular formula is C10H17F3N2OS. The lowest BCUT2D eigenvalue weighted by molar-refractivity contribution is -0.138. The average Bonchev–Trinajstić information content (AvgIpc) is 3.03. The van der Waals surface area contributed by atoms with Crippen LogP contribution in [0.3, 0.4) is 0 Å². The summed E-state index contributed by atoms with van der Waals surface area (Å²) >= 11 is 4.98. The molecule has 0 atom stereocenters. The lowest BCUT2D eigenvalue weighted by atomic mass is 10.4. The summed E-state index contributed by atoms with van der Waals surface area (Å²) in [5, 5.41) is 3.03. The second kappa shape index (κ2) is 6.39. The van der Waals surface area contributed by atoms with Crippen molar-refractivity contribution in [2.75, 3.05) is 26.8 Å². The lowest BCUT2D eigenvalue weighted by Gasteiger charge is -2.26. The fourth-order valence-electron chi connectivity index (χ4n) is 1.46. The van der Waals surface area contributed by atoms with Crippen LogP contribution < -0.4 is 5.32 Å². The van der Waals surface area contributed by atoms with Crippen molar-refractivity contribution in [3.8, 4) is 0 Å². The molecule has 0 saturated heterocycles. The number of hydrogen-bond acceptors (Lipinski definition) is 2. The standard InChI is InChI=1S/C10H17F3N2OS/c1-16-6-2-5-14-9(17)15(8-3-4-8)7-10(11,12)13/h8H,2-7H2,1H3,(H,14,17). The van der Waals surface area contributed by atoms with E-state index in [0.29, 0.717) is 13.2 Å². The van der Waals surface area contributed by atoms with E-state index in [0.717, 1.165) is 19.3 Å². The van der Waals surface area contributed by atoms with Crippen molar-refractivity contribution >= 4 is 17.3 Å². The van der Waals surface area contributed by atoms with Gasteiger partial charge < -0.3 is 15.0 Å². The maximum atomic E-state index is 12.3. The van der Waals surface area contributed by atoms with Gasteiger partial charge in [-0.15, -0.1) is 0 Å². The molecule has 1 N–H and O–H groups in total. The number of nitrogens with one attached hydrogen (secondary N) is 1. The van der Waals surface area contributed by atoms with E-state index in [2.05, 4.69) is 5.32 Å². The van der Waals surface area contributed by atoms with Crippen LogP contribution in [-0.4, -0.2) is 49.0 Å². The Morgan fingerprint density at radius 3 is 2.59 bits per heavy atom. The van der Waals surface area contributed by atoms with Gasteiger partial charge in [0.05, 0.1) is 0 Å². The van der Waals surface area contributed by atoms with Gasteiger partial charge in [-0.3, -0.25) is 0 Å². The number of alkyl halides is 3. The van der Waals surface area contributed by atoms with Gasteiger partial charge in [-0.2, -0.15) is 13.2 Å². The Hall–Kier alpha value is -0.560. The van der Waals surface area contributed by atoms with Gasteiger partial charge in [0.2, 0.25) is 0 Å². The molecule has 7 heteroatoms. The van der Waals surface area contributed by atoms with Crippen molar-refractivity contribution in [1.82, 2.24) is 10.2 Å². The van der Waals surface area contributed by atoms with Crippen LogP contribution in [0.25, 0.3) is 0 Å². The van der Waals surface area contributed by atoms with Crippen molar-refractivity contribution in [3.05, 3.63) is 0 Å². The second-order valence-electron chi connectivity index (χ2n) is 4.05. The molecule has 1 aliphatic carbocycles. The van der Waals surface area contributed by atoms with Crippen molar-refractivity contribution in [3.63, 3.8) is 0 Å². The number of rotatable bonds is 6. The highest BCUT2D eigenvalue weighted by molar-refractivity contribution is 7.80. The number of methoxy groups -OCH3 is 1. The summed E-state index contributed by atoms with van der Waals surface area (Å²) in [7, 11) is 1.58. The number of thiocarbonyl (C=S) groups is 1. The molecule has 0 bridgehead atoms. The molecule has 0 radical (unpaired) electrons. The zero-order chi connectivity index (χ0) is 12.9. The van der Waals surface area contributed by atoms with Crippen LogP contribution in [0.2, 0.25) is 0 Å². The van der Waals surface area contributed by atoms with E-state index >= 15 is 0 Å². The molecule has 0 unspecified atom stereocenters. The third-order valence-corrected chi connectivity index (χ3v) is 2.78. The van der Waals surface area contributed by atoms with Gasteiger partial charge in [0.25, 0.3) is 0 Å². The van der Waals surface area contributed by atoms with Gasteiger partial charge in [-0.05, 0) is 31.5 Å². The Labute approximate surface area is 104 Å². The minimum Gasteiger partial charge on any atom is -0.385 e. The van der Waals surface area contributed by atoms with Crippen molar-refractivity contribution < 1.29 is 17.9 Å². The van der Waals surface area contributed by atoms with Crippen LogP contribution in [0.15, 0.2) is 0 Å². The first kappa shape index (κ1) is 14.5. The highest BCUT2D eigenvalue weighted by atomic mass is 32.1. The Morgan fingerprint density at radius 1 is 1.47 bits per heavy atom. The van der Waals surface area contributed by atoms with Crippen LogP contribution in [0.5, 0.6) is 0 Å². The maximum Gasteiger partial charge on any atom is 0.406 e. The minimum absolute atomic E-state index is 0.0425. The van der Waals surface area contributed by atoms with Crippen molar-refractivity contribution in [2.24, 2.45) is 0 Å². The molecule has 0 aromatic heterocycles. The predicted octanol–water partition coefficient (Wildman–Crippen LogP) is 1.92. The third kappa shape index (κ3) is 6.07. The van der Waals surface area contributed by atoms with Gasteiger partial charge in [0.1, 0.15) is 6.54 Å². The molecule has 1 fully saturated rings. The normalized spacial score (nSPS) is 15.8. The number of halogens is 3. The molecule has 0 aromatic carbocycles. The highest BCUT2D eigenvalue weighted by Gasteiger charge is 2.39. The summed E-state index contributed by atoms with van der Waals surface area (Å²) in [6.45, 7) is 0.139. The summed E-state index contributed by atoms with van der Waals surface area (Å²) in [5.74, 6) is 0. The topological polar surface area (TPSA) is 24.5 Å². The second-order valence-corrected chi connectivity index (χ2v) is 4.44. The summed E-state index contributed by atoms with van der Waals surface area (Å²) in [4.78, 5) is 1.24. The van der Waals surface area contributed by atoms with Gasteiger partial charge in [-0.25, -0.2) is 0 Å². The molecular weight excluding hydrogens is 253 g/mol. The van der Waals surface area contributed by atoms with Gasteiger partial charge in [0, 0.05) is 26.3 Å². The van der Waals surface area contributed by atoms with Crippen LogP contribution >= 0.6 is 12.2 Å². The molecule has 3 nitrogen and oxygen atoms in total. The Morgan fingerprint density at radius 2 is 2.12 bits per heavy atom. The van der Waals surface area contributed by atoms with Crippen LogP contribution in [0.1, 0.15) is 19.3 Å². The molecule has 0 aliphatic heterocycles. The minimum atomic E-state index is -4.21. The molecule has 100 valence electrons. The largest absolute Gasteiger partial charge is 0.406 e. The first-order valence-electron chi connectivity index (χ1n) is 5.54. The van der Waals surface area contributed by atoms with Crippen LogP contribution in [0, 0.1) is 0 Å². The van der Waals surface area contributed by atoms with Gasteiger partial charge >= 0.3 is 6.18 Å². The number of hydrogen-bond donors (Lipinski definition) is 1. The predicted molar refractivity (Wildman–Crippen MR) is 62.9 cm³/mol. The first-order valence-corrected chi connectivity index (χ1v) is 5.95. The zero-order valence-corrected chi connectivity index (χ0v) is 10.5. The molecule has 1 saturated carbocycles. The maximum absolute atomic E-state index is 12.3. The SMILES string of the molecule is COCCCNC(=S)N(CC(F)(F)F)C1CC1. The van der Waals surface area contributed by atoms with Crippen molar-refractivity contribution in [2.45, 2.75) is 31.5 Å². The summed E-state index contributed by atoms with van der Waals surface area (Å²) in [6.07, 6.45) is -1.91. The van der Waals surface area contributed by atoms with Crippen molar-refractivity contribution in [1.29, 1.82) is 0 Å². The molecule has 17 heavy (non-hydrogen) atoms. The third-order valence-electron chi connectivity index (χ3n) is 2.40. The van der Waals surface area contributed by atoms with Crippen LogP contribution in [0.4, 0.5) is 13.2 Å². The fourth-order valence-corrected chi connectivity index (χ4v) is 1.78. The van der Waals surface area contributed by atoms with Crippen LogP contribution in [-0.2, 0) is 4.74 Å². The quantitative estimate of drug-likeness (QED) is 0.589. The zero-order valence-electron chi connectivity index (χ0n) is 9.72. The van der Waals surface area contributed by atoms with Gasteiger partial charge in [-0.1, -0.05) is 0 Å². The smallest absolute Gasteiger partial charge is 0.385 e. The number of ether oxygens (including phenoxy) is 1. The Balaban J connectivity index is 2.33. The highest BCUT2D eigenvalue weighted by Crippen LogP contribution is 2.30. The van der Waals surface area contributed by atoms with E-state index in [-0.39, 0.29) is 11.2 Å². The average molecular weight is 270 g/mol. The van der Waals surface area contributed by atoms with E-state index < -0.39 is 12.7 Å². The molecule has 0 aromatic rings. The lowest BCUT2D eigenvalue weighted by Crippen LogP contribution is -2.46. The fraction of sp³-hybridized carbons (Fsp3) is 0.900. The van der Waals surface area contributed by atoms with E-state index in [1.54, 1.807) is 7.11 Å². The van der Waals surface area contributed by atoms with E-state index in [4.69, 9.17) is 17.0 Å². The molecule has 0 heterocycles. The number of nitrogens with zero attached hydrogens (tertiary/aromatic N) is 1. The summed E-state index contributed by atoms with van der Waals surface area (Å²) in [5.41, 5.74) is 0. The summed E-state index contributed by atoms with van der Waals surface area (Å²) < 4.78 is 41.9. The Kier molecular flexibility index (Phi) is 5.45. The Bertz CT molecular complexity index is 256. The van der Waals surface area contributed by atoms with E-state index in [9.17, 15) is 13.2 Å². The molecule has 1 rings (SSSR count). The van der Waals surface area contributed by atoms with E-state index in [1.807, 2.05) is 0 Å².